The molecule has 0 spiro atoms. The molecule has 0 saturated heterocycles. The average molecular weight is 288 g/mol. The lowest BCUT2D eigenvalue weighted by molar-refractivity contribution is -0.118. The first kappa shape index (κ1) is 15.6. The van der Waals surface area contributed by atoms with Gasteiger partial charge in [-0.15, -0.1) is 0 Å². The molecule has 0 aliphatic carbocycles. The van der Waals surface area contributed by atoms with Crippen LogP contribution in [0.25, 0.3) is 0 Å². The van der Waals surface area contributed by atoms with Crippen molar-refractivity contribution in [3.05, 3.63) is 30.1 Å². The Morgan fingerprint density at radius 3 is 2.37 bits per heavy atom. The van der Waals surface area contributed by atoms with Crippen LogP contribution in [0.2, 0.25) is 0 Å². The van der Waals surface area contributed by atoms with Crippen LogP contribution in [0.15, 0.2) is 29.2 Å². The summed E-state index contributed by atoms with van der Waals surface area (Å²) in [5, 5.41) is 0. The average Bonchev–Trinajstić information content (AvgIpc) is 2.34. The number of nitrogens with two attached hydrogens (primary N) is 1. The molecule has 0 heterocycles. The van der Waals surface area contributed by atoms with Crippen molar-refractivity contribution in [2.24, 2.45) is 5.73 Å². The molecule has 5 nitrogen and oxygen atoms in total. The Bertz CT molecular complexity index is 528. The lowest BCUT2D eigenvalue weighted by atomic mass is 10.3. The fraction of sp³-hybridized carbons (Fsp3) is 0.417. The van der Waals surface area contributed by atoms with Crippen LogP contribution in [-0.2, 0) is 14.8 Å². The number of hydrogen-bond donors (Lipinski definition) is 1. The molecule has 1 amide bonds. The van der Waals surface area contributed by atoms with E-state index >= 15 is 0 Å². The number of sulfonamides is 1. The SMILES string of the molecule is CCCCN(CC(N)=O)S(=O)(=O)c1ccc(F)cc1. The summed E-state index contributed by atoms with van der Waals surface area (Å²) < 4.78 is 38.4. The number of carbonyl (C=O) groups excluding carboxylic acids is 1. The number of rotatable bonds is 7. The molecule has 0 saturated carbocycles. The maximum Gasteiger partial charge on any atom is 0.243 e. The first-order valence-corrected chi connectivity index (χ1v) is 7.36. The van der Waals surface area contributed by atoms with Gasteiger partial charge in [0.05, 0.1) is 11.4 Å². The Kier molecular flexibility index (Phi) is 5.44. The molecule has 0 bridgehead atoms. The highest BCUT2D eigenvalue weighted by molar-refractivity contribution is 7.89. The zero-order valence-electron chi connectivity index (χ0n) is 10.7. The maximum atomic E-state index is 12.8. The van der Waals surface area contributed by atoms with E-state index < -0.39 is 21.7 Å². The van der Waals surface area contributed by atoms with Crippen molar-refractivity contribution in [1.82, 2.24) is 4.31 Å². The monoisotopic (exact) mass is 288 g/mol. The van der Waals surface area contributed by atoms with Crippen molar-refractivity contribution >= 4 is 15.9 Å². The Morgan fingerprint density at radius 2 is 1.89 bits per heavy atom. The molecule has 0 aliphatic heterocycles. The van der Waals surface area contributed by atoms with Gasteiger partial charge in [-0.2, -0.15) is 4.31 Å². The van der Waals surface area contributed by atoms with E-state index in [2.05, 4.69) is 0 Å². The van der Waals surface area contributed by atoms with Crippen molar-refractivity contribution in [3.8, 4) is 0 Å². The van der Waals surface area contributed by atoms with Gasteiger partial charge in [-0.25, -0.2) is 12.8 Å². The van der Waals surface area contributed by atoms with Crippen LogP contribution >= 0.6 is 0 Å². The van der Waals surface area contributed by atoms with Crippen molar-refractivity contribution in [2.45, 2.75) is 24.7 Å². The van der Waals surface area contributed by atoms with E-state index in [9.17, 15) is 17.6 Å². The van der Waals surface area contributed by atoms with E-state index in [4.69, 9.17) is 5.73 Å². The number of carbonyl (C=O) groups is 1. The first-order valence-electron chi connectivity index (χ1n) is 5.92. The molecule has 0 aliphatic rings. The highest BCUT2D eigenvalue weighted by Crippen LogP contribution is 2.16. The van der Waals surface area contributed by atoms with E-state index in [1.807, 2.05) is 6.92 Å². The van der Waals surface area contributed by atoms with E-state index in [1.54, 1.807) is 0 Å². The molecule has 0 fully saturated rings. The molecular weight excluding hydrogens is 271 g/mol. The molecule has 19 heavy (non-hydrogen) atoms. The van der Waals surface area contributed by atoms with Crippen molar-refractivity contribution < 1.29 is 17.6 Å². The Balaban J connectivity index is 3.03. The smallest absolute Gasteiger partial charge is 0.243 e. The van der Waals surface area contributed by atoms with Gasteiger partial charge in [0.2, 0.25) is 15.9 Å². The summed E-state index contributed by atoms with van der Waals surface area (Å²) in [6.45, 7) is 1.74. The predicted octanol–water partition coefficient (Wildman–Crippen LogP) is 1.10. The van der Waals surface area contributed by atoms with E-state index in [0.29, 0.717) is 6.42 Å². The quantitative estimate of drug-likeness (QED) is 0.816. The van der Waals surface area contributed by atoms with Crippen molar-refractivity contribution in [3.63, 3.8) is 0 Å². The second-order valence-corrected chi connectivity index (χ2v) is 6.05. The molecule has 1 aromatic carbocycles. The van der Waals surface area contributed by atoms with E-state index in [1.165, 1.54) is 12.1 Å². The standard InChI is InChI=1S/C12H17FN2O3S/c1-2-3-8-15(9-12(14)16)19(17,18)11-6-4-10(13)5-7-11/h4-7H,2-3,8-9H2,1H3,(H2,14,16). The minimum atomic E-state index is -3.82. The fourth-order valence-electron chi connectivity index (χ4n) is 1.55. The number of halogens is 1. The molecule has 1 rings (SSSR count). The Hall–Kier alpha value is -1.47. The third kappa shape index (κ3) is 4.29. The van der Waals surface area contributed by atoms with Gasteiger partial charge in [0.15, 0.2) is 0 Å². The number of primary amides is 1. The van der Waals surface area contributed by atoms with Gasteiger partial charge in [-0.3, -0.25) is 4.79 Å². The molecule has 0 radical (unpaired) electrons. The van der Waals surface area contributed by atoms with Gasteiger partial charge in [0.1, 0.15) is 5.82 Å². The van der Waals surface area contributed by atoms with Crippen LogP contribution in [0.4, 0.5) is 4.39 Å². The summed E-state index contributed by atoms with van der Waals surface area (Å²) in [6.07, 6.45) is 1.40. The van der Waals surface area contributed by atoms with Gasteiger partial charge >= 0.3 is 0 Å². The maximum absolute atomic E-state index is 12.8. The van der Waals surface area contributed by atoms with Crippen LogP contribution in [0.3, 0.4) is 0 Å². The second-order valence-electron chi connectivity index (χ2n) is 4.11. The minimum absolute atomic E-state index is 0.0498. The summed E-state index contributed by atoms with van der Waals surface area (Å²) >= 11 is 0. The molecule has 0 aromatic heterocycles. The van der Waals surface area contributed by atoms with Crippen LogP contribution in [0.1, 0.15) is 19.8 Å². The zero-order valence-corrected chi connectivity index (χ0v) is 11.5. The zero-order chi connectivity index (χ0) is 14.5. The number of unbranched alkanes of at least 4 members (excludes halogenated alkanes) is 1. The van der Waals surface area contributed by atoms with E-state index in [0.717, 1.165) is 22.9 Å². The molecule has 0 unspecified atom stereocenters. The topological polar surface area (TPSA) is 80.5 Å². The lowest BCUT2D eigenvalue weighted by Gasteiger charge is -2.20. The summed E-state index contributed by atoms with van der Waals surface area (Å²) in [6, 6.07) is 4.47. The van der Waals surface area contributed by atoms with Gasteiger partial charge in [0.25, 0.3) is 0 Å². The third-order valence-corrected chi connectivity index (χ3v) is 4.40. The molecule has 0 atom stereocenters. The first-order chi connectivity index (χ1) is 8.87. The number of hydrogen-bond acceptors (Lipinski definition) is 3. The van der Waals surface area contributed by atoms with Crippen LogP contribution in [0.5, 0.6) is 0 Å². The molecule has 1 aromatic rings. The number of amides is 1. The summed E-state index contributed by atoms with van der Waals surface area (Å²) in [5.74, 6) is -1.24. The summed E-state index contributed by atoms with van der Waals surface area (Å²) in [7, 11) is -3.82. The molecule has 106 valence electrons. The third-order valence-electron chi connectivity index (χ3n) is 2.54. The van der Waals surface area contributed by atoms with Crippen LogP contribution in [-0.4, -0.2) is 31.7 Å². The van der Waals surface area contributed by atoms with Gasteiger partial charge in [0, 0.05) is 6.54 Å². The van der Waals surface area contributed by atoms with Crippen molar-refractivity contribution in [2.75, 3.05) is 13.1 Å². The highest BCUT2D eigenvalue weighted by atomic mass is 32.2. The Labute approximate surface area is 112 Å². The van der Waals surface area contributed by atoms with Gasteiger partial charge in [-0.1, -0.05) is 13.3 Å². The summed E-state index contributed by atoms with van der Waals surface area (Å²) in [5.41, 5.74) is 5.06. The largest absolute Gasteiger partial charge is 0.369 e. The molecular formula is C12H17FN2O3S. The predicted molar refractivity (Wildman–Crippen MR) is 69.3 cm³/mol. The molecule has 7 heteroatoms. The molecule has 2 N–H and O–H groups in total. The lowest BCUT2D eigenvalue weighted by Crippen LogP contribution is -2.39. The normalized spacial score (nSPS) is 11.7. The summed E-state index contributed by atoms with van der Waals surface area (Å²) in [4.78, 5) is 10.9. The van der Waals surface area contributed by atoms with Crippen LogP contribution < -0.4 is 5.73 Å². The minimum Gasteiger partial charge on any atom is -0.369 e. The van der Waals surface area contributed by atoms with Gasteiger partial charge in [-0.05, 0) is 30.7 Å². The number of benzene rings is 1. The number of nitrogens with zero attached hydrogens (tertiary/aromatic N) is 1. The second kappa shape index (κ2) is 6.63. The van der Waals surface area contributed by atoms with Crippen molar-refractivity contribution in [1.29, 1.82) is 0 Å². The highest BCUT2D eigenvalue weighted by Gasteiger charge is 2.25. The van der Waals surface area contributed by atoms with Gasteiger partial charge < -0.3 is 5.73 Å². The van der Waals surface area contributed by atoms with Crippen LogP contribution in [0, 0.1) is 5.82 Å². The van der Waals surface area contributed by atoms with E-state index in [-0.39, 0.29) is 18.0 Å². The fourth-order valence-corrected chi connectivity index (χ4v) is 2.99. The Morgan fingerprint density at radius 1 is 1.32 bits per heavy atom.